The predicted molar refractivity (Wildman–Crippen MR) is 78.7 cm³/mol. The Morgan fingerprint density at radius 2 is 1.74 bits per heavy atom. The van der Waals surface area contributed by atoms with Crippen LogP contribution < -0.4 is 5.73 Å². The minimum absolute atomic E-state index is 0.0917. The van der Waals surface area contributed by atoms with Crippen LogP contribution in [-0.2, 0) is 4.79 Å². The van der Waals surface area contributed by atoms with Crippen molar-refractivity contribution < 1.29 is 4.79 Å². The van der Waals surface area contributed by atoms with E-state index in [1.54, 1.807) is 0 Å². The van der Waals surface area contributed by atoms with Gasteiger partial charge in [0, 0.05) is 12.6 Å². The van der Waals surface area contributed by atoms with E-state index in [0.29, 0.717) is 11.5 Å². The first-order chi connectivity index (χ1) is 8.88. The average molecular weight is 266 g/mol. The number of rotatable bonds is 2. The normalized spacial score (nSPS) is 34.2. The van der Waals surface area contributed by atoms with E-state index in [2.05, 4.69) is 25.7 Å². The fourth-order valence-electron chi connectivity index (χ4n) is 3.88. The average Bonchev–Trinajstić information content (AvgIpc) is 2.38. The van der Waals surface area contributed by atoms with Crippen molar-refractivity contribution >= 4 is 5.91 Å². The Balaban J connectivity index is 1.86. The number of piperidine rings is 1. The standard InChI is InChI=1S/C16H30N2O/c1-16(2,3)13-6-8-14(9-7-13)18-10-4-5-12(11-18)15(17)19/h12-14H,4-11H2,1-3H3,(H2,17,19)/t12-,13?,14?/m0/s1. The molecule has 0 unspecified atom stereocenters. The number of nitrogens with zero attached hydrogens (tertiary/aromatic N) is 1. The molecule has 19 heavy (non-hydrogen) atoms. The summed E-state index contributed by atoms with van der Waals surface area (Å²) in [4.78, 5) is 13.9. The maximum absolute atomic E-state index is 11.4. The third-order valence-electron chi connectivity index (χ3n) is 5.29. The molecule has 2 N–H and O–H groups in total. The fourth-order valence-corrected chi connectivity index (χ4v) is 3.88. The van der Waals surface area contributed by atoms with Crippen LogP contribution in [0.25, 0.3) is 0 Å². The maximum atomic E-state index is 11.4. The molecule has 3 heteroatoms. The van der Waals surface area contributed by atoms with Crippen LogP contribution in [0.2, 0.25) is 0 Å². The topological polar surface area (TPSA) is 46.3 Å². The van der Waals surface area contributed by atoms with E-state index in [4.69, 9.17) is 5.73 Å². The third kappa shape index (κ3) is 3.71. The summed E-state index contributed by atoms with van der Waals surface area (Å²) in [7, 11) is 0. The highest BCUT2D eigenvalue weighted by Crippen LogP contribution is 2.39. The van der Waals surface area contributed by atoms with Gasteiger partial charge < -0.3 is 5.73 Å². The molecule has 1 saturated carbocycles. The maximum Gasteiger partial charge on any atom is 0.221 e. The van der Waals surface area contributed by atoms with Crippen molar-refractivity contribution in [3.8, 4) is 0 Å². The van der Waals surface area contributed by atoms with E-state index in [1.165, 1.54) is 25.7 Å². The molecule has 1 heterocycles. The number of amides is 1. The lowest BCUT2D eigenvalue weighted by Gasteiger charge is -2.43. The van der Waals surface area contributed by atoms with Crippen LogP contribution in [0.4, 0.5) is 0 Å². The Kier molecular flexibility index (Phi) is 4.54. The molecule has 2 rings (SSSR count). The minimum atomic E-state index is -0.104. The summed E-state index contributed by atoms with van der Waals surface area (Å²) < 4.78 is 0. The van der Waals surface area contributed by atoms with Gasteiger partial charge in [-0.05, 0) is 56.4 Å². The highest BCUT2D eigenvalue weighted by atomic mass is 16.1. The summed E-state index contributed by atoms with van der Waals surface area (Å²) in [5, 5.41) is 0. The number of hydrogen-bond donors (Lipinski definition) is 1. The molecule has 0 aromatic heterocycles. The van der Waals surface area contributed by atoms with Gasteiger partial charge in [-0.3, -0.25) is 9.69 Å². The molecule has 1 saturated heterocycles. The van der Waals surface area contributed by atoms with Gasteiger partial charge in [0.05, 0.1) is 5.92 Å². The van der Waals surface area contributed by atoms with Gasteiger partial charge in [0.1, 0.15) is 0 Å². The summed E-state index contributed by atoms with van der Waals surface area (Å²) in [6, 6.07) is 0.695. The predicted octanol–water partition coefficient (Wildman–Crippen LogP) is 2.79. The number of nitrogens with two attached hydrogens (primary N) is 1. The number of carbonyl (C=O) groups excluding carboxylic acids is 1. The molecule has 1 atom stereocenters. The first-order valence-corrected chi connectivity index (χ1v) is 7.91. The molecule has 1 amide bonds. The van der Waals surface area contributed by atoms with Crippen LogP contribution in [0.3, 0.4) is 0 Å². The Labute approximate surface area is 117 Å². The quantitative estimate of drug-likeness (QED) is 0.835. The first-order valence-electron chi connectivity index (χ1n) is 7.91. The van der Waals surface area contributed by atoms with Crippen LogP contribution in [0.1, 0.15) is 59.3 Å². The summed E-state index contributed by atoms with van der Waals surface area (Å²) in [6.07, 6.45) is 7.40. The van der Waals surface area contributed by atoms with Crippen LogP contribution in [0, 0.1) is 17.3 Å². The minimum Gasteiger partial charge on any atom is -0.369 e. The number of carbonyl (C=O) groups is 1. The molecule has 0 radical (unpaired) electrons. The molecule has 2 fully saturated rings. The molecule has 0 aromatic carbocycles. The first kappa shape index (κ1) is 14.8. The molecular weight excluding hydrogens is 236 g/mol. The lowest BCUT2D eigenvalue weighted by molar-refractivity contribution is -0.123. The Morgan fingerprint density at radius 1 is 1.11 bits per heavy atom. The van der Waals surface area contributed by atoms with Gasteiger partial charge in [-0.2, -0.15) is 0 Å². The summed E-state index contributed by atoms with van der Waals surface area (Å²) in [6.45, 7) is 9.15. The van der Waals surface area contributed by atoms with Crippen molar-refractivity contribution in [1.29, 1.82) is 0 Å². The van der Waals surface area contributed by atoms with Crippen molar-refractivity contribution in [2.24, 2.45) is 23.0 Å². The van der Waals surface area contributed by atoms with Gasteiger partial charge in [-0.25, -0.2) is 0 Å². The van der Waals surface area contributed by atoms with Gasteiger partial charge in [-0.1, -0.05) is 20.8 Å². The van der Waals surface area contributed by atoms with E-state index in [0.717, 1.165) is 31.8 Å². The third-order valence-corrected chi connectivity index (χ3v) is 5.29. The number of primary amides is 1. The Bertz CT molecular complexity index is 313. The molecule has 110 valence electrons. The van der Waals surface area contributed by atoms with Crippen LogP contribution >= 0.6 is 0 Å². The molecule has 1 aliphatic heterocycles. The van der Waals surface area contributed by atoms with E-state index in [9.17, 15) is 4.79 Å². The van der Waals surface area contributed by atoms with Crippen molar-refractivity contribution in [2.75, 3.05) is 13.1 Å². The fraction of sp³-hybridized carbons (Fsp3) is 0.938. The highest BCUT2D eigenvalue weighted by molar-refractivity contribution is 5.76. The largest absolute Gasteiger partial charge is 0.369 e. The van der Waals surface area contributed by atoms with Crippen LogP contribution in [0.15, 0.2) is 0 Å². The van der Waals surface area contributed by atoms with Crippen molar-refractivity contribution in [1.82, 2.24) is 4.90 Å². The van der Waals surface area contributed by atoms with Crippen molar-refractivity contribution in [2.45, 2.75) is 65.3 Å². The van der Waals surface area contributed by atoms with E-state index < -0.39 is 0 Å². The van der Waals surface area contributed by atoms with Gasteiger partial charge in [0.15, 0.2) is 0 Å². The zero-order valence-corrected chi connectivity index (χ0v) is 12.8. The zero-order chi connectivity index (χ0) is 14.0. The van der Waals surface area contributed by atoms with Crippen LogP contribution in [-0.4, -0.2) is 29.9 Å². The van der Waals surface area contributed by atoms with Gasteiger partial charge in [-0.15, -0.1) is 0 Å². The summed E-state index contributed by atoms with van der Waals surface area (Å²) >= 11 is 0. The van der Waals surface area contributed by atoms with Crippen molar-refractivity contribution in [3.63, 3.8) is 0 Å². The molecule has 0 spiro atoms. The second-order valence-corrected chi connectivity index (χ2v) is 7.61. The Hall–Kier alpha value is -0.570. The van der Waals surface area contributed by atoms with Crippen molar-refractivity contribution in [3.05, 3.63) is 0 Å². The molecule has 3 nitrogen and oxygen atoms in total. The molecular formula is C16H30N2O. The molecule has 1 aliphatic carbocycles. The summed E-state index contributed by atoms with van der Waals surface area (Å²) in [5.41, 5.74) is 5.92. The molecule has 0 bridgehead atoms. The Morgan fingerprint density at radius 3 is 2.26 bits per heavy atom. The zero-order valence-electron chi connectivity index (χ0n) is 12.8. The number of likely N-dealkylation sites (tertiary alicyclic amines) is 1. The molecule has 0 aromatic rings. The van der Waals surface area contributed by atoms with Gasteiger partial charge in [0.2, 0.25) is 5.91 Å². The lowest BCUT2D eigenvalue weighted by Crippen LogP contribution is -2.47. The highest BCUT2D eigenvalue weighted by Gasteiger charge is 2.34. The number of hydrogen-bond acceptors (Lipinski definition) is 2. The monoisotopic (exact) mass is 266 g/mol. The SMILES string of the molecule is CC(C)(C)C1CCC(N2CCC[C@H](C(N)=O)C2)CC1. The van der Waals surface area contributed by atoms with E-state index in [1.807, 2.05) is 0 Å². The smallest absolute Gasteiger partial charge is 0.221 e. The molecule has 2 aliphatic rings. The lowest BCUT2D eigenvalue weighted by atomic mass is 9.71. The van der Waals surface area contributed by atoms with Gasteiger partial charge >= 0.3 is 0 Å². The second-order valence-electron chi connectivity index (χ2n) is 7.61. The van der Waals surface area contributed by atoms with Gasteiger partial charge in [0.25, 0.3) is 0 Å². The van der Waals surface area contributed by atoms with Crippen LogP contribution in [0.5, 0.6) is 0 Å². The van der Waals surface area contributed by atoms with E-state index >= 15 is 0 Å². The van der Waals surface area contributed by atoms with E-state index in [-0.39, 0.29) is 11.8 Å². The summed E-state index contributed by atoms with van der Waals surface area (Å²) in [5.74, 6) is 0.850. The second kappa shape index (κ2) is 5.82.